The molecule has 0 atom stereocenters. The van der Waals surface area contributed by atoms with Gasteiger partial charge in [0.1, 0.15) is 10.6 Å². The number of rotatable bonds is 3. The standard InChI is InChI=1S/C20H14BrFN2OS/c1-12-17(14-4-8-16(22)9-5-14)18-19(26-12)23-11-24(20(18)25)10-13-2-6-15(21)7-3-13/h2-9,11H,10H2,1H3. The van der Waals surface area contributed by atoms with E-state index in [9.17, 15) is 9.18 Å². The number of aromatic nitrogens is 2. The van der Waals surface area contributed by atoms with Gasteiger partial charge in [-0.3, -0.25) is 9.36 Å². The molecule has 0 aliphatic rings. The molecule has 130 valence electrons. The summed E-state index contributed by atoms with van der Waals surface area (Å²) in [7, 11) is 0. The molecular weight excluding hydrogens is 415 g/mol. The Morgan fingerprint density at radius 2 is 1.81 bits per heavy atom. The summed E-state index contributed by atoms with van der Waals surface area (Å²) < 4.78 is 15.9. The number of nitrogens with zero attached hydrogens (tertiary/aromatic N) is 2. The summed E-state index contributed by atoms with van der Waals surface area (Å²) in [6.45, 7) is 2.41. The van der Waals surface area contributed by atoms with E-state index in [4.69, 9.17) is 0 Å². The molecule has 3 nitrogen and oxygen atoms in total. The first-order chi connectivity index (χ1) is 12.5. The molecule has 0 N–H and O–H groups in total. The largest absolute Gasteiger partial charge is 0.294 e. The number of hydrogen-bond donors (Lipinski definition) is 0. The van der Waals surface area contributed by atoms with Crippen molar-refractivity contribution < 1.29 is 4.39 Å². The van der Waals surface area contributed by atoms with Crippen LogP contribution in [-0.2, 0) is 6.54 Å². The van der Waals surface area contributed by atoms with Crippen LogP contribution in [0.1, 0.15) is 10.4 Å². The molecule has 2 heterocycles. The van der Waals surface area contributed by atoms with E-state index >= 15 is 0 Å². The maximum Gasteiger partial charge on any atom is 0.263 e. The highest BCUT2D eigenvalue weighted by atomic mass is 79.9. The summed E-state index contributed by atoms with van der Waals surface area (Å²) in [4.78, 5) is 19.3. The SMILES string of the molecule is Cc1sc2ncn(Cc3ccc(Br)cc3)c(=O)c2c1-c1ccc(F)cc1. The van der Waals surface area contributed by atoms with E-state index in [1.165, 1.54) is 23.5 Å². The second kappa shape index (κ2) is 6.78. The van der Waals surface area contributed by atoms with Gasteiger partial charge < -0.3 is 0 Å². The van der Waals surface area contributed by atoms with E-state index < -0.39 is 0 Å². The van der Waals surface area contributed by atoms with Crippen molar-refractivity contribution in [2.45, 2.75) is 13.5 Å². The topological polar surface area (TPSA) is 34.9 Å². The summed E-state index contributed by atoms with van der Waals surface area (Å²) in [5.41, 5.74) is 2.61. The monoisotopic (exact) mass is 428 g/mol. The molecule has 4 aromatic rings. The molecule has 0 amide bonds. The van der Waals surface area contributed by atoms with Crippen molar-refractivity contribution in [1.29, 1.82) is 0 Å². The van der Waals surface area contributed by atoms with Crippen LogP contribution in [0.4, 0.5) is 4.39 Å². The van der Waals surface area contributed by atoms with Crippen LogP contribution in [0.3, 0.4) is 0 Å². The van der Waals surface area contributed by atoms with Gasteiger partial charge in [-0.2, -0.15) is 0 Å². The first-order valence-electron chi connectivity index (χ1n) is 8.02. The maximum atomic E-state index is 13.3. The van der Waals surface area contributed by atoms with Gasteiger partial charge in [-0.05, 0) is 42.3 Å². The van der Waals surface area contributed by atoms with E-state index in [0.717, 1.165) is 26.0 Å². The average Bonchev–Trinajstić information content (AvgIpc) is 2.97. The normalized spacial score (nSPS) is 11.2. The third-order valence-corrected chi connectivity index (χ3v) is 5.80. The average molecular weight is 429 g/mol. The Labute approximate surface area is 161 Å². The van der Waals surface area contributed by atoms with E-state index in [-0.39, 0.29) is 11.4 Å². The Hall–Kier alpha value is -2.31. The Morgan fingerprint density at radius 1 is 1.12 bits per heavy atom. The van der Waals surface area contributed by atoms with Crippen LogP contribution in [0.15, 0.2) is 64.1 Å². The van der Waals surface area contributed by atoms with Gasteiger partial charge in [0.2, 0.25) is 0 Å². The van der Waals surface area contributed by atoms with Crippen molar-refractivity contribution >= 4 is 37.5 Å². The lowest BCUT2D eigenvalue weighted by atomic mass is 10.0. The molecule has 0 unspecified atom stereocenters. The summed E-state index contributed by atoms with van der Waals surface area (Å²) in [6.07, 6.45) is 1.59. The van der Waals surface area contributed by atoms with Crippen molar-refractivity contribution in [3.63, 3.8) is 0 Å². The quantitative estimate of drug-likeness (QED) is 0.438. The molecule has 6 heteroatoms. The minimum atomic E-state index is -0.295. The third kappa shape index (κ3) is 3.10. The summed E-state index contributed by atoms with van der Waals surface area (Å²) >= 11 is 4.90. The zero-order chi connectivity index (χ0) is 18.3. The lowest BCUT2D eigenvalue weighted by molar-refractivity contribution is 0.628. The molecule has 0 aliphatic heterocycles. The molecular formula is C20H14BrFN2OS. The predicted octanol–water partition coefficient (Wildman–Crippen LogP) is 5.38. The van der Waals surface area contributed by atoms with Gasteiger partial charge in [-0.1, -0.05) is 40.2 Å². The lowest BCUT2D eigenvalue weighted by Crippen LogP contribution is -2.21. The minimum absolute atomic E-state index is 0.0819. The highest BCUT2D eigenvalue weighted by Crippen LogP contribution is 2.35. The number of hydrogen-bond acceptors (Lipinski definition) is 3. The van der Waals surface area contributed by atoms with Gasteiger partial charge in [0.05, 0.1) is 18.3 Å². The van der Waals surface area contributed by atoms with Crippen LogP contribution in [0.25, 0.3) is 21.3 Å². The first kappa shape index (κ1) is 17.1. The van der Waals surface area contributed by atoms with Crippen LogP contribution in [0, 0.1) is 12.7 Å². The van der Waals surface area contributed by atoms with Crippen LogP contribution in [-0.4, -0.2) is 9.55 Å². The van der Waals surface area contributed by atoms with E-state index in [1.54, 1.807) is 23.0 Å². The molecule has 0 saturated heterocycles. The van der Waals surface area contributed by atoms with Gasteiger partial charge in [-0.25, -0.2) is 9.37 Å². The summed E-state index contributed by atoms with van der Waals surface area (Å²) in [6, 6.07) is 14.1. The number of halogens is 2. The van der Waals surface area contributed by atoms with Crippen molar-refractivity contribution in [2.24, 2.45) is 0 Å². The Balaban J connectivity index is 1.86. The third-order valence-electron chi connectivity index (χ3n) is 4.25. The molecule has 26 heavy (non-hydrogen) atoms. The fraction of sp³-hybridized carbons (Fsp3) is 0.100. The van der Waals surface area contributed by atoms with E-state index in [2.05, 4.69) is 20.9 Å². The smallest absolute Gasteiger partial charge is 0.263 e. The fourth-order valence-corrected chi connectivity index (χ4v) is 4.27. The molecule has 0 radical (unpaired) electrons. The van der Waals surface area contributed by atoms with Crippen LogP contribution >= 0.6 is 27.3 Å². The summed E-state index contributed by atoms with van der Waals surface area (Å²) in [5.74, 6) is -0.295. The first-order valence-corrected chi connectivity index (χ1v) is 9.63. The van der Waals surface area contributed by atoms with Gasteiger partial charge in [0.15, 0.2) is 0 Å². The van der Waals surface area contributed by atoms with Crippen molar-refractivity contribution in [1.82, 2.24) is 9.55 Å². The van der Waals surface area contributed by atoms with Gasteiger partial charge in [0.25, 0.3) is 5.56 Å². The molecule has 0 aliphatic carbocycles. The molecule has 0 fully saturated rings. The zero-order valence-corrected chi connectivity index (χ0v) is 16.3. The van der Waals surface area contributed by atoms with Crippen molar-refractivity contribution in [2.75, 3.05) is 0 Å². The molecule has 0 bridgehead atoms. The Bertz CT molecular complexity index is 1150. The fourth-order valence-electron chi connectivity index (χ4n) is 3.00. The Morgan fingerprint density at radius 3 is 2.50 bits per heavy atom. The second-order valence-electron chi connectivity index (χ2n) is 6.02. The molecule has 4 rings (SSSR count). The second-order valence-corrected chi connectivity index (χ2v) is 8.14. The zero-order valence-electron chi connectivity index (χ0n) is 13.9. The Kier molecular flexibility index (Phi) is 4.46. The number of aryl methyl sites for hydroxylation is 1. The van der Waals surface area contributed by atoms with Crippen molar-refractivity contribution in [3.8, 4) is 11.1 Å². The highest BCUT2D eigenvalue weighted by molar-refractivity contribution is 9.10. The van der Waals surface area contributed by atoms with Crippen molar-refractivity contribution in [3.05, 3.63) is 85.9 Å². The number of benzene rings is 2. The maximum absolute atomic E-state index is 13.3. The van der Waals surface area contributed by atoms with E-state index in [0.29, 0.717) is 16.8 Å². The van der Waals surface area contributed by atoms with Gasteiger partial charge in [0, 0.05) is 14.9 Å². The summed E-state index contributed by atoms with van der Waals surface area (Å²) in [5, 5.41) is 0.596. The number of fused-ring (bicyclic) bond motifs is 1. The minimum Gasteiger partial charge on any atom is -0.294 e. The van der Waals surface area contributed by atoms with Crippen LogP contribution in [0.5, 0.6) is 0 Å². The van der Waals surface area contributed by atoms with Gasteiger partial charge in [-0.15, -0.1) is 11.3 Å². The predicted molar refractivity (Wildman–Crippen MR) is 107 cm³/mol. The highest BCUT2D eigenvalue weighted by Gasteiger charge is 2.17. The molecule has 2 aromatic carbocycles. The van der Waals surface area contributed by atoms with Crippen LogP contribution in [0.2, 0.25) is 0 Å². The van der Waals surface area contributed by atoms with E-state index in [1.807, 2.05) is 31.2 Å². The molecule has 0 spiro atoms. The lowest BCUT2D eigenvalue weighted by Gasteiger charge is -2.07. The number of thiophene rings is 1. The molecule has 0 saturated carbocycles. The molecule has 2 aromatic heterocycles. The van der Waals surface area contributed by atoms with Gasteiger partial charge >= 0.3 is 0 Å². The van der Waals surface area contributed by atoms with Crippen LogP contribution < -0.4 is 5.56 Å².